The topological polar surface area (TPSA) is 141 Å². The highest BCUT2D eigenvalue weighted by Crippen LogP contribution is 2.26. The maximum atomic E-state index is 11.2. The molecule has 0 saturated carbocycles. The van der Waals surface area contributed by atoms with Gasteiger partial charge in [-0.2, -0.15) is 0 Å². The van der Waals surface area contributed by atoms with Gasteiger partial charge in [-0.1, -0.05) is 17.8 Å². The van der Waals surface area contributed by atoms with Gasteiger partial charge in [0.1, 0.15) is 11.5 Å². The molecule has 20 heavy (non-hydrogen) atoms. The van der Waals surface area contributed by atoms with E-state index in [2.05, 4.69) is 9.97 Å². The van der Waals surface area contributed by atoms with E-state index in [9.17, 15) is 14.9 Å². The van der Waals surface area contributed by atoms with E-state index in [0.717, 1.165) is 0 Å². The van der Waals surface area contributed by atoms with E-state index in [1.54, 1.807) is 6.07 Å². The molecule has 0 spiro atoms. The maximum Gasteiger partial charge on any atom is 0.292 e. The molecule has 1 heterocycles. The van der Waals surface area contributed by atoms with Crippen LogP contribution in [0.4, 0.5) is 17.2 Å². The van der Waals surface area contributed by atoms with Crippen molar-refractivity contribution in [3.63, 3.8) is 0 Å². The van der Waals surface area contributed by atoms with Gasteiger partial charge in [0.15, 0.2) is 5.16 Å². The molecule has 1 aromatic heterocycles. The molecule has 0 amide bonds. The second-order valence-corrected chi connectivity index (χ2v) is 4.88. The molecule has 9 heteroatoms. The number of rotatable bonds is 4. The smallest absolute Gasteiger partial charge is 0.292 e. The summed E-state index contributed by atoms with van der Waals surface area (Å²) < 4.78 is 0. The zero-order chi connectivity index (χ0) is 14.7. The average Bonchev–Trinajstić information content (AvgIpc) is 2.36. The highest BCUT2D eigenvalue weighted by molar-refractivity contribution is 7.98. The van der Waals surface area contributed by atoms with Gasteiger partial charge in [0, 0.05) is 17.9 Å². The maximum absolute atomic E-state index is 11.2. The Balaban J connectivity index is 2.16. The second-order valence-electron chi connectivity index (χ2n) is 3.91. The Hall–Kier alpha value is -2.55. The third-order valence-electron chi connectivity index (χ3n) is 2.41. The number of nitrogens with zero attached hydrogens (tertiary/aromatic N) is 2. The van der Waals surface area contributed by atoms with Gasteiger partial charge in [0.05, 0.1) is 4.92 Å². The van der Waals surface area contributed by atoms with E-state index in [4.69, 9.17) is 11.5 Å². The number of nitrogens with one attached hydrogen (secondary N) is 1. The van der Waals surface area contributed by atoms with Crippen molar-refractivity contribution in [2.24, 2.45) is 0 Å². The molecule has 1 aromatic carbocycles. The first kappa shape index (κ1) is 13.9. The summed E-state index contributed by atoms with van der Waals surface area (Å²) in [5, 5.41) is 11.1. The van der Waals surface area contributed by atoms with Crippen molar-refractivity contribution in [2.75, 3.05) is 11.5 Å². The Morgan fingerprint density at radius 3 is 2.75 bits per heavy atom. The first-order valence-corrected chi connectivity index (χ1v) is 6.46. The molecule has 8 nitrogen and oxygen atoms in total. The number of H-pyrrole nitrogens is 1. The number of thioether (sulfide) groups is 1. The van der Waals surface area contributed by atoms with E-state index < -0.39 is 4.92 Å². The Morgan fingerprint density at radius 1 is 1.35 bits per heavy atom. The molecule has 104 valence electrons. The van der Waals surface area contributed by atoms with Crippen LogP contribution in [0.1, 0.15) is 5.56 Å². The minimum absolute atomic E-state index is 0.110. The number of benzene rings is 1. The van der Waals surface area contributed by atoms with E-state index in [1.165, 1.54) is 30.0 Å². The summed E-state index contributed by atoms with van der Waals surface area (Å²) in [6, 6.07) is 5.73. The molecule has 0 fully saturated rings. The SMILES string of the molecule is Nc1cc(=O)[nH]c(SCc2ccc(N)c([N+](=O)[O-])c2)n1. The lowest BCUT2D eigenvalue weighted by Gasteiger charge is -2.03. The van der Waals surface area contributed by atoms with Gasteiger partial charge < -0.3 is 16.5 Å². The van der Waals surface area contributed by atoms with Crippen LogP contribution in [-0.2, 0) is 5.75 Å². The predicted molar refractivity (Wildman–Crippen MR) is 76.3 cm³/mol. The first-order chi connectivity index (χ1) is 9.45. The number of nitro benzene ring substituents is 1. The first-order valence-electron chi connectivity index (χ1n) is 5.48. The molecule has 0 aliphatic carbocycles. The van der Waals surface area contributed by atoms with Crippen molar-refractivity contribution < 1.29 is 4.92 Å². The Morgan fingerprint density at radius 2 is 2.10 bits per heavy atom. The molecule has 2 aromatic rings. The molecule has 2 rings (SSSR count). The van der Waals surface area contributed by atoms with Gasteiger partial charge in [-0.15, -0.1) is 0 Å². The fourth-order valence-electron chi connectivity index (χ4n) is 1.51. The highest BCUT2D eigenvalue weighted by Gasteiger charge is 2.12. The molecule has 0 atom stereocenters. The van der Waals surface area contributed by atoms with Gasteiger partial charge in [0.2, 0.25) is 0 Å². The van der Waals surface area contributed by atoms with Gasteiger partial charge in [-0.3, -0.25) is 14.9 Å². The number of nitrogen functional groups attached to an aromatic ring is 2. The number of hydrogen-bond donors (Lipinski definition) is 3. The molecule has 0 bridgehead atoms. The molecule has 0 saturated heterocycles. The van der Waals surface area contributed by atoms with Gasteiger partial charge in [0.25, 0.3) is 11.2 Å². The van der Waals surface area contributed by atoms with Gasteiger partial charge in [-0.25, -0.2) is 4.98 Å². The highest BCUT2D eigenvalue weighted by atomic mass is 32.2. The summed E-state index contributed by atoms with van der Waals surface area (Å²) in [4.78, 5) is 27.9. The fourth-order valence-corrected chi connectivity index (χ4v) is 2.34. The summed E-state index contributed by atoms with van der Waals surface area (Å²) >= 11 is 1.22. The van der Waals surface area contributed by atoms with Crippen LogP contribution in [0.5, 0.6) is 0 Å². The lowest BCUT2D eigenvalue weighted by molar-refractivity contribution is -0.383. The number of aromatic amines is 1. The number of aromatic nitrogens is 2. The second kappa shape index (κ2) is 5.61. The summed E-state index contributed by atoms with van der Waals surface area (Å²) in [6.45, 7) is 0. The van der Waals surface area contributed by atoms with Crippen LogP contribution in [0.3, 0.4) is 0 Å². The van der Waals surface area contributed by atoms with E-state index >= 15 is 0 Å². The van der Waals surface area contributed by atoms with Crippen molar-refractivity contribution >= 4 is 29.0 Å². The largest absolute Gasteiger partial charge is 0.393 e. The minimum atomic E-state index is -0.538. The summed E-state index contributed by atoms with van der Waals surface area (Å²) in [7, 11) is 0. The van der Waals surface area contributed by atoms with Crippen LogP contribution in [0, 0.1) is 10.1 Å². The molecule has 5 N–H and O–H groups in total. The van der Waals surface area contributed by atoms with E-state index in [1.807, 2.05) is 0 Å². The summed E-state index contributed by atoms with van der Waals surface area (Å²) in [6.07, 6.45) is 0. The Kier molecular flexibility index (Phi) is 3.89. The third-order valence-corrected chi connectivity index (χ3v) is 3.35. The molecule has 0 aliphatic heterocycles. The molecule has 0 aliphatic rings. The average molecular weight is 293 g/mol. The van der Waals surface area contributed by atoms with Crippen LogP contribution < -0.4 is 17.0 Å². The van der Waals surface area contributed by atoms with Crippen molar-refractivity contribution in [1.29, 1.82) is 0 Å². The number of anilines is 2. The third kappa shape index (κ3) is 3.26. The standard InChI is InChI=1S/C11H11N5O3S/c12-7-2-1-6(3-8(7)16(18)19)5-20-11-14-9(13)4-10(17)15-11/h1-4H,5,12H2,(H3,13,14,15,17). The monoisotopic (exact) mass is 293 g/mol. The fraction of sp³-hybridized carbons (Fsp3) is 0.0909. The molecular weight excluding hydrogens is 282 g/mol. The van der Waals surface area contributed by atoms with Crippen LogP contribution in [0.2, 0.25) is 0 Å². The predicted octanol–water partition coefficient (Wildman–Crippen LogP) is 1.13. The van der Waals surface area contributed by atoms with E-state index in [-0.39, 0.29) is 22.8 Å². The number of nitrogens with two attached hydrogens (primary N) is 2. The summed E-state index contributed by atoms with van der Waals surface area (Å²) in [5.74, 6) is 0.521. The number of hydrogen-bond acceptors (Lipinski definition) is 7. The van der Waals surface area contributed by atoms with Crippen LogP contribution >= 0.6 is 11.8 Å². The van der Waals surface area contributed by atoms with Crippen molar-refractivity contribution in [3.05, 3.63) is 50.3 Å². The molecule has 0 unspecified atom stereocenters. The summed E-state index contributed by atoms with van der Waals surface area (Å²) in [5.41, 5.74) is 11.3. The lowest BCUT2D eigenvalue weighted by Crippen LogP contribution is -2.09. The zero-order valence-electron chi connectivity index (χ0n) is 10.2. The quantitative estimate of drug-likeness (QED) is 0.252. The Labute approximate surface area is 117 Å². The van der Waals surface area contributed by atoms with E-state index in [0.29, 0.717) is 16.5 Å². The van der Waals surface area contributed by atoms with Crippen LogP contribution in [-0.4, -0.2) is 14.9 Å². The minimum Gasteiger partial charge on any atom is -0.393 e. The normalized spacial score (nSPS) is 10.4. The Bertz CT molecular complexity index is 715. The van der Waals surface area contributed by atoms with Crippen LogP contribution in [0.25, 0.3) is 0 Å². The van der Waals surface area contributed by atoms with Crippen molar-refractivity contribution in [3.8, 4) is 0 Å². The lowest BCUT2D eigenvalue weighted by atomic mass is 10.2. The van der Waals surface area contributed by atoms with Crippen LogP contribution in [0.15, 0.2) is 34.2 Å². The van der Waals surface area contributed by atoms with Gasteiger partial charge >= 0.3 is 0 Å². The van der Waals surface area contributed by atoms with Crippen molar-refractivity contribution in [2.45, 2.75) is 10.9 Å². The van der Waals surface area contributed by atoms with Crippen molar-refractivity contribution in [1.82, 2.24) is 9.97 Å². The molecular formula is C11H11N5O3S. The zero-order valence-corrected chi connectivity index (χ0v) is 11.0. The van der Waals surface area contributed by atoms with Gasteiger partial charge in [-0.05, 0) is 11.6 Å². The number of nitro groups is 1. The molecule has 0 radical (unpaired) electrons.